The molecule has 2 unspecified atom stereocenters. The molecule has 0 heterocycles. The fraction of sp³-hybridized carbons (Fsp3) is 0.829. The Bertz CT molecular complexity index is 928. The molecule has 2 aliphatic rings. The lowest BCUT2D eigenvalue weighted by Crippen LogP contribution is -2.53. The van der Waals surface area contributed by atoms with Crippen LogP contribution < -0.4 is 9.47 Å². The maximum atomic E-state index is 9.63. The van der Waals surface area contributed by atoms with E-state index in [0.717, 1.165) is 69.4 Å². The largest absolute Gasteiger partial charge is 0.497 e. The molecule has 0 saturated heterocycles. The van der Waals surface area contributed by atoms with Crippen molar-refractivity contribution >= 4 is 0 Å². The molecule has 0 aromatic heterocycles. The van der Waals surface area contributed by atoms with Gasteiger partial charge in [0.1, 0.15) is 17.6 Å². The summed E-state index contributed by atoms with van der Waals surface area (Å²) in [5, 5.41) is 46.5. The number of ether oxygens (including phenoxy) is 3. The number of hydrogen-bond donors (Lipinski definition) is 5. The molecule has 0 radical (unpaired) electrons. The van der Waals surface area contributed by atoms with Gasteiger partial charge in [-0.1, -0.05) is 0 Å². The number of β-amino-alcohol motifs (C(OH)–C–C–N with tert-alkyl or cyclic N) is 1. The van der Waals surface area contributed by atoms with Crippen molar-refractivity contribution in [3.05, 3.63) is 23.8 Å². The highest BCUT2D eigenvalue weighted by Gasteiger charge is 2.34. The normalized spacial score (nSPS) is 24.2. The molecular weight excluding hydrogens is 576 g/mol. The SMILES string of the molecule is CC(C)(C)N(CC(O)CO)C1CCC(O)CC1.COc1cc(CN(C2CCC(OCC(O)CO)CC2)C(C)(C)C)cc(OC)c1. The van der Waals surface area contributed by atoms with Crippen LogP contribution in [0.3, 0.4) is 0 Å². The third-order valence-electron chi connectivity index (χ3n) is 9.03. The van der Waals surface area contributed by atoms with Gasteiger partial charge < -0.3 is 39.7 Å². The van der Waals surface area contributed by atoms with Crippen LogP contribution in [0, 0.1) is 0 Å². The van der Waals surface area contributed by atoms with Gasteiger partial charge in [0.15, 0.2) is 0 Å². The van der Waals surface area contributed by atoms with Crippen molar-refractivity contribution < 1.29 is 39.7 Å². The highest BCUT2D eigenvalue weighted by molar-refractivity contribution is 5.38. The molecule has 1 aromatic carbocycles. The van der Waals surface area contributed by atoms with E-state index in [1.54, 1.807) is 14.2 Å². The summed E-state index contributed by atoms with van der Waals surface area (Å²) in [4.78, 5) is 4.82. The molecule has 0 bridgehead atoms. The summed E-state index contributed by atoms with van der Waals surface area (Å²) in [6.07, 6.45) is 6.20. The molecule has 262 valence electrons. The average Bonchev–Trinajstić information content (AvgIpc) is 3.01. The lowest BCUT2D eigenvalue weighted by atomic mass is 9.88. The average molecular weight is 641 g/mol. The van der Waals surface area contributed by atoms with Crippen LogP contribution in [0.15, 0.2) is 18.2 Å². The maximum absolute atomic E-state index is 9.63. The number of aliphatic hydroxyl groups excluding tert-OH is 5. The van der Waals surface area contributed by atoms with Crippen molar-refractivity contribution in [2.45, 2.75) is 147 Å². The van der Waals surface area contributed by atoms with Gasteiger partial charge in [-0.05, 0) is 111 Å². The van der Waals surface area contributed by atoms with Crippen LogP contribution in [-0.4, -0.2) is 123 Å². The monoisotopic (exact) mass is 640 g/mol. The van der Waals surface area contributed by atoms with Crippen LogP contribution in [0.5, 0.6) is 11.5 Å². The highest BCUT2D eigenvalue weighted by atomic mass is 16.5. The summed E-state index contributed by atoms with van der Waals surface area (Å²) < 4.78 is 16.6. The Morgan fingerprint density at radius 3 is 1.62 bits per heavy atom. The molecule has 3 rings (SSSR count). The number of nitrogens with zero attached hydrogens (tertiary/aromatic N) is 2. The van der Waals surface area contributed by atoms with E-state index in [1.807, 2.05) is 6.07 Å². The number of aliphatic hydroxyl groups is 5. The van der Waals surface area contributed by atoms with Gasteiger partial charge in [0.2, 0.25) is 0 Å². The van der Waals surface area contributed by atoms with Gasteiger partial charge in [0.25, 0.3) is 0 Å². The molecule has 45 heavy (non-hydrogen) atoms. The van der Waals surface area contributed by atoms with Crippen LogP contribution in [-0.2, 0) is 11.3 Å². The first-order valence-electron chi connectivity index (χ1n) is 16.7. The van der Waals surface area contributed by atoms with E-state index < -0.39 is 12.2 Å². The van der Waals surface area contributed by atoms with Crippen molar-refractivity contribution in [3.8, 4) is 11.5 Å². The Morgan fingerprint density at radius 2 is 1.18 bits per heavy atom. The van der Waals surface area contributed by atoms with E-state index in [1.165, 1.54) is 5.56 Å². The minimum Gasteiger partial charge on any atom is -0.497 e. The van der Waals surface area contributed by atoms with Crippen molar-refractivity contribution in [3.63, 3.8) is 0 Å². The number of rotatable bonds is 13. The molecule has 2 saturated carbocycles. The van der Waals surface area contributed by atoms with Crippen LogP contribution in [0.25, 0.3) is 0 Å². The van der Waals surface area contributed by atoms with Gasteiger partial charge >= 0.3 is 0 Å². The zero-order valence-corrected chi connectivity index (χ0v) is 29.2. The fourth-order valence-electron chi connectivity index (χ4n) is 6.52. The molecular formula is C35H64N2O8. The van der Waals surface area contributed by atoms with Gasteiger partial charge in [0.05, 0.1) is 52.4 Å². The van der Waals surface area contributed by atoms with Gasteiger partial charge in [-0.3, -0.25) is 9.80 Å². The van der Waals surface area contributed by atoms with E-state index in [9.17, 15) is 15.3 Å². The van der Waals surface area contributed by atoms with Crippen molar-refractivity contribution in [1.29, 1.82) is 0 Å². The molecule has 2 fully saturated rings. The lowest BCUT2D eigenvalue weighted by molar-refractivity contribution is -0.0542. The maximum Gasteiger partial charge on any atom is 0.122 e. The summed E-state index contributed by atoms with van der Waals surface area (Å²) in [7, 11) is 3.35. The predicted octanol–water partition coefficient (Wildman–Crippen LogP) is 3.73. The second-order valence-electron chi connectivity index (χ2n) is 14.7. The summed E-state index contributed by atoms with van der Waals surface area (Å²) >= 11 is 0. The molecule has 0 aliphatic heterocycles. The molecule has 0 spiro atoms. The van der Waals surface area contributed by atoms with E-state index in [4.69, 9.17) is 24.4 Å². The van der Waals surface area contributed by atoms with E-state index in [2.05, 4.69) is 63.5 Å². The van der Waals surface area contributed by atoms with Gasteiger partial charge in [-0.15, -0.1) is 0 Å². The summed E-state index contributed by atoms with van der Waals surface area (Å²) in [6.45, 7) is 14.2. The molecule has 1 aromatic rings. The van der Waals surface area contributed by atoms with Gasteiger partial charge in [0, 0.05) is 42.3 Å². The summed E-state index contributed by atoms with van der Waals surface area (Å²) in [6, 6.07) is 6.92. The lowest BCUT2D eigenvalue weighted by Gasteiger charge is -2.44. The van der Waals surface area contributed by atoms with E-state index in [-0.39, 0.29) is 43.1 Å². The molecule has 2 atom stereocenters. The van der Waals surface area contributed by atoms with Crippen molar-refractivity contribution in [2.24, 2.45) is 0 Å². The van der Waals surface area contributed by atoms with Crippen LogP contribution >= 0.6 is 0 Å². The fourth-order valence-corrected chi connectivity index (χ4v) is 6.52. The predicted molar refractivity (Wildman–Crippen MR) is 178 cm³/mol. The Hall–Kier alpha value is -1.50. The van der Waals surface area contributed by atoms with Gasteiger partial charge in [-0.2, -0.15) is 0 Å². The smallest absolute Gasteiger partial charge is 0.122 e. The van der Waals surface area contributed by atoms with Crippen molar-refractivity contribution in [1.82, 2.24) is 9.80 Å². The molecule has 5 N–H and O–H groups in total. The van der Waals surface area contributed by atoms with Gasteiger partial charge in [-0.25, -0.2) is 0 Å². The molecule has 2 aliphatic carbocycles. The molecule has 10 nitrogen and oxygen atoms in total. The number of hydrogen-bond acceptors (Lipinski definition) is 10. The van der Waals surface area contributed by atoms with Crippen LogP contribution in [0.2, 0.25) is 0 Å². The zero-order chi connectivity index (χ0) is 33.8. The van der Waals surface area contributed by atoms with Crippen molar-refractivity contribution in [2.75, 3.05) is 40.6 Å². The highest BCUT2D eigenvalue weighted by Crippen LogP contribution is 2.33. The van der Waals surface area contributed by atoms with Crippen LogP contribution in [0.1, 0.15) is 98.5 Å². The minimum atomic E-state index is -0.785. The van der Waals surface area contributed by atoms with Crippen LogP contribution in [0.4, 0.5) is 0 Å². The Labute approximate surface area is 272 Å². The second kappa shape index (κ2) is 18.7. The standard InChI is InChI=1S/C22H37NO5.C13H27NO3/c1-22(2,3)23(13-16-10-20(26-4)12-21(11-16)27-5)17-6-8-19(9-7-17)28-15-18(25)14-24;1-13(2,3)14(8-12(17)9-15)10-4-6-11(16)7-5-10/h10-12,17-19,24-25H,6-9,13-15H2,1-5H3;10-12,15-17H,4-9H2,1-3H3. The number of methoxy groups -OCH3 is 2. The Morgan fingerprint density at radius 1 is 0.711 bits per heavy atom. The summed E-state index contributed by atoms with van der Waals surface area (Å²) in [5.41, 5.74) is 1.18. The first-order valence-corrected chi connectivity index (χ1v) is 16.7. The summed E-state index contributed by atoms with van der Waals surface area (Å²) in [5.74, 6) is 1.62. The third kappa shape index (κ3) is 13.6. The van der Waals surface area contributed by atoms with E-state index in [0.29, 0.717) is 18.6 Å². The van der Waals surface area contributed by atoms with E-state index >= 15 is 0 Å². The number of benzene rings is 1. The first kappa shape index (κ1) is 39.7. The minimum absolute atomic E-state index is 0.0247. The topological polar surface area (TPSA) is 135 Å². The Balaban J connectivity index is 0.000000355. The zero-order valence-electron chi connectivity index (χ0n) is 29.2. The second-order valence-corrected chi connectivity index (χ2v) is 14.7. The molecule has 0 amide bonds. The first-order chi connectivity index (χ1) is 21.1. The quantitative estimate of drug-likeness (QED) is 0.217. The third-order valence-corrected chi connectivity index (χ3v) is 9.03. The Kier molecular flexibility index (Phi) is 16.5. The molecule has 10 heteroatoms.